The van der Waals surface area contributed by atoms with Crippen molar-refractivity contribution in [1.82, 2.24) is 0 Å². The molecular weight excluding hydrogens is 344 g/mol. The Hall–Kier alpha value is -1.80. The number of unbranched alkanes of at least 4 members (excludes halogenated alkanes) is 9. The van der Waals surface area contributed by atoms with E-state index in [4.69, 9.17) is 4.74 Å². The maximum Gasteiger partial charge on any atom is 0.127 e. The third-order valence-electron chi connectivity index (χ3n) is 5.29. The zero-order valence-corrected chi connectivity index (χ0v) is 17.6. The summed E-state index contributed by atoms with van der Waals surface area (Å²) in [6.07, 6.45) is 13.6. The highest BCUT2D eigenvalue weighted by Gasteiger charge is 2.09. The number of ether oxygens (including phenoxy) is 1. The monoisotopic (exact) mass is 382 g/mol. The second-order valence-corrected chi connectivity index (χ2v) is 7.80. The van der Waals surface area contributed by atoms with E-state index >= 15 is 0 Å². The van der Waals surface area contributed by atoms with Crippen molar-refractivity contribution < 1.29 is 9.84 Å². The molecule has 1 atom stereocenters. The highest BCUT2D eigenvalue weighted by molar-refractivity contribution is 5.70. The summed E-state index contributed by atoms with van der Waals surface area (Å²) in [5.74, 6) is 0.843. The van der Waals surface area contributed by atoms with E-state index < -0.39 is 6.10 Å². The summed E-state index contributed by atoms with van der Waals surface area (Å²) in [7, 11) is 0. The van der Waals surface area contributed by atoms with Crippen molar-refractivity contribution >= 4 is 0 Å². The smallest absolute Gasteiger partial charge is 0.127 e. The average Bonchev–Trinajstić information content (AvgIpc) is 2.74. The van der Waals surface area contributed by atoms with E-state index in [1.807, 2.05) is 36.4 Å². The molecule has 1 unspecified atom stereocenters. The summed E-state index contributed by atoms with van der Waals surface area (Å²) in [6.45, 7) is 2.63. The van der Waals surface area contributed by atoms with Crippen LogP contribution >= 0.6 is 0 Å². The quantitative estimate of drug-likeness (QED) is 0.325. The lowest BCUT2D eigenvalue weighted by molar-refractivity contribution is 0.0977. The fourth-order valence-corrected chi connectivity index (χ4v) is 3.59. The van der Waals surface area contributed by atoms with Crippen molar-refractivity contribution in [3.8, 4) is 16.9 Å². The van der Waals surface area contributed by atoms with Crippen molar-refractivity contribution in [3.63, 3.8) is 0 Å². The molecule has 0 amide bonds. The number of hydrogen-bond donors (Lipinski definition) is 1. The predicted molar refractivity (Wildman–Crippen MR) is 120 cm³/mol. The molecule has 2 aromatic carbocycles. The predicted octanol–water partition coefficient (Wildman–Crippen LogP) is 7.40. The molecule has 0 bridgehead atoms. The Morgan fingerprint density at radius 1 is 0.714 bits per heavy atom. The minimum atomic E-state index is -0.391. The van der Waals surface area contributed by atoms with Gasteiger partial charge in [-0.05, 0) is 18.1 Å². The highest BCUT2D eigenvalue weighted by atomic mass is 16.5. The fourth-order valence-electron chi connectivity index (χ4n) is 3.59. The molecule has 2 aromatic rings. The van der Waals surface area contributed by atoms with E-state index in [0.29, 0.717) is 6.61 Å². The molecule has 0 aliphatic heterocycles. The van der Waals surface area contributed by atoms with Crippen LogP contribution in [0.15, 0.2) is 54.6 Å². The number of aliphatic hydroxyl groups excluding tert-OH is 1. The molecule has 2 nitrogen and oxygen atoms in total. The molecule has 0 radical (unpaired) electrons. The summed E-state index contributed by atoms with van der Waals surface area (Å²) >= 11 is 0. The molecule has 28 heavy (non-hydrogen) atoms. The summed E-state index contributed by atoms with van der Waals surface area (Å²) < 4.78 is 5.95. The minimum absolute atomic E-state index is 0.362. The van der Waals surface area contributed by atoms with E-state index in [1.165, 1.54) is 57.8 Å². The van der Waals surface area contributed by atoms with Gasteiger partial charge >= 0.3 is 0 Å². The standard InChI is InChI=1S/C26H38O2/c1-2-3-4-5-6-7-8-9-10-14-19-24(27)22-28-26-21-16-15-20-25(26)23-17-12-11-13-18-23/h11-13,15-18,20-21,24,27H,2-10,14,19,22H2,1H3. The summed E-state index contributed by atoms with van der Waals surface area (Å²) in [5.41, 5.74) is 2.22. The summed E-state index contributed by atoms with van der Waals surface area (Å²) in [5, 5.41) is 10.3. The van der Waals surface area contributed by atoms with Crippen LogP contribution in [-0.4, -0.2) is 17.8 Å². The van der Waals surface area contributed by atoms with Gasteiger partial charge in [-0.2, -0.15) is 0 Å². The molecule has 2 rings (SSSR count). The van der Waals surface area contributed by atoms with Crippen molar-refractivity contribution in [2.24, 2.45) is 0 Å². The van der Waals surface area contributed by atoms with Crippen molar-refractivity contribution in [2.75, 3.05) is 6.61 Å². The third-order valence-corrected chi connectivity index (χ3v) is 5.29. The number of hydrogen-bond acceptors (Lipinski definition) is 2. The van der Waals surface area contributed by atoms with E-state index in [9.17, 15) is 5.11 Å². The van der Waals surface area contributed by atoms with E-state index in [-0.39, 0.29) is 0 Å². The number of para-hydroxylation sites is 1. The Morgan fingerprint density at radius 2 is 1.29 bits per heavy atom. The van der Waals surface area contributed by atoms with Gasteiger partial charge in [0.25, 0.3) is 0 Å². The molecule has 0 spiro atoms. The van der Waals surface area contributed by atoms with Gasteiger partial charge in [0.05, 0.1) is 6.10 Å². The van der Waals surface area contributed by atoms with Crippen LogP contribution < -0.4 is 4.74 Å². The van der Waals surface area contributed by atoms with E-state index in [2.05, 4.69) is 25.1 Å². The van der Waals surface area contributed by atoms with Crippen LogP contribution in [0.3, 0.4) is 0 Å². The Morgan fingerprint density at radius 3 is 1.96 bits per heavy atom. The van der Waals surface area contributed by atoms with Crippen molar-refractivity contribution in [3.05, 3.63) is 54.6 Å². The molecule has 0 aromatic heterocycles. The van der Waals surface area contributed by atoms with Crippen LogP contribution in [0.1, 0.15) is 77.6 Å². The first kappa shape index (κ1) is 22.5. The minimum Gasteiger partial charge on any atom is -0.490 e. The summed E-state index contributed by atoms with van der Waals surface area (Å²) in [6, 6.07) is 18.3. The van der Waals surface area contributed by atoms with Gasteiger partial charge in [0.15, 0.2) is 0 Å². The van der Waals surface area contributed by atoms with Crippen LogP contribution in [0.2, 0.25) is 0 Å². The van der Waals surface area contributed by atoms with Gasteiger partial charge in [-0.3, -0.25) is 0 Å². The molecule has 0 aliphatic carbocycles. The van der Waals surface area contributed by atoms with Gasteiger partial charge in [0.2, 0.25) is 0 Å². The van der Waals surface area contributed by atoms with Gasteiger partial charge in [0.1, 0.15) is 12.4 Å². The molecule has 154 valence electrons. The number of aliphatic hydroxyl groups is 1. The number of rotatable bonds is 15. The average molecular weight is 383 g/mol. The van der Waals surface area contributed by atoms with Crippen LogP contribution in [0.25, 0.3) is 11.1 Å². The number of benzene rings is 2. The molecule has 0 fully saturated rings. The lowest BCUT2D eigenvalue weighted by Gasteiger charge is -2.15. The Labute approximate surface area is 172 Å². The van der Waals surface area contributed by atoms with Crippen LogP contribution in [0.4, 0.5) is 0 Å². The van der Waals surface area contributed by atoms with Gasteiger partial charge in [-0.25, -0.2) is 0 Å². The fraction of sp³-hybridized carbons (Fsp3) is 0.538. The van der Waals surface area contributed by atoms with Gasteiger partial charge in [0, 0.05) is 5.56 Å². The Kier molecular flexibility index (Phi) is 11.4. The van der Waals surface area contributed by atoms with Crippen LogP contribution in [0.5, 0.6) is 5.75 Å². The second-order valence-electron chi connectivity index (χ2n) is 7.80. The van der Waals surface area contributed by atoms with Gasteiger partial charge in [-0.1, -0.05) is 120 Å². The maximum absolute atomic E-state index is 10.3. The molecule has 0 saturated carbocycles. The Balaban J connectivity index is 1.59. The summed E-state index contributed by atoms with van der Waals surface area (Å²) in [4.78, 5) is 0. The zero-order chi connectivity index (χ0) is 19.9. The normalized spacial score (nSPS) is 12.1. The van der Waals surface area contributed by atoms with Crippen molar-refractivity contribution in [1.29, 1.82) is 0 Å². The largest absolute Gasteiger partial charge is 0.490 e. The first-order valence-electron chi connectivity index (χ1n) is 11.3. The van der Waals surface area contributed by atoms with E-state index in [0.717, 1.165) is 29.7 Å². The first-order chi connectivity index (χ1) is 13.8. The third kappa shape index (κ3) is 8.93. The lowest BCUT2D eigenvalue weighted by atomic mass is 10.0. The molecular formula is C26H38O2. The molecule has 0 saturated heterocycles. The molecule has 2 heteroatoms. The first-order valence-corrected chi connectivity index (χ1v) is 11.3. The zero-order valence-electron chi connectivity index (χ0n) is 17.6. The highest BCUT2D eigenvalue weighted by Crippen LogP contribution is 2.29. The van der Waals surface area contributed by atoms with Crippen molar-refractivity contribution in [2.45, 2.75) is 83.7 Å². The van der Waals surface area contributed by atoms with E-state index in [1.54, 1.807) is 0 Å². The molecule has 1 N–H and O–H groups in total. The molecule has 0 aliphatic rings. The maximum atomic E-state index is 10.3. The molecule has 0 heterocycles. The topological polar surface area (TPSA) is 29.5 Å². The van der Waals surface area contributed by atoms with Gasteiger partial charge in [-0.15, -0.1) is 0 Å². The lowest BCUT2D eigenvalue weighted by Crippen LogP contribution is -2.17. The van der Waals surface area contributed by atoms with Crippen LogP contribution in [-0.2, 0) is 0 Å². The second kappa shape index (κ2) is 14.2. The van der Waals surface area contributed by atoms with Crippen LogP contribution in [0, 0.1) is 0 Å². The Bertz CT molecular complexity index is 623. The SMILES string of the molecule is CCCCCCCCCCCCC(O)COc1ccccc1-c1ccccc1. The van der Waals surface area contributed by atoms with Gasteiger partial charge < -0.3 is 9.84 Å².